The molecule has 0 atom stereocenters. The second kappa shape index (κ2) is 8.05. The maximum absolute atomic E-state index is 13.0. The molecule has 2 fully saturated rings. The molecule has 1 N–H and O–H groups in total. The van der Waals surface area contributed by atoms with Crippen LogP contribution in [0.3, 0.4) is 0 Å². The Bertz CT molecular complexity index is 1080. The molecule has 7 nitrogen and oxygen atoms in total. The average Bonchev–Trinajstić information content (AvgIpc) is 3.44. The normalized spacial score (nSPS) is 18.3. The first-order chi connectivity index (χ1) is 14.7. The van der Waals surface area contributed by atoms with E-state index in [-0.39, 0.29) is 11.5 Å². The number of fused-ring (bicyclic) bond motifs is 1. The summed E-state index contributed by atoms with van der Waals surface area (Å²) in [6.45, 7) is 1.50. The number of carbonyl (C=O) groups is 1. The summed E-state index contributed by atoms with van der Waals surface area (Å²) in [4.78, 5) is 38.0. The van der Waals surface area contributed by atoms with Crippen molar-refractivity contribution in [3.05, 3.63) is 58.4 Å². The minimum atomic E-state index is -0.0715. The lowest BCUT2D eigenvalue weighted by Gasteiger charge is -2.32. The molecule has 0 spiro atoms. The number of aromatic amines is 1. The third-order valence-electron chi connectivity index (χ3n) is 6.65. The van der Waals surface area contributed by atoms with Crippen LogP contribution in [0.4, 0.5) is 0 Å². The van der Waals surface area contributed by atoms with Gasteiger partial charge in [0.2, 0.25) is 5.56 Å². The quantitative estimate of drug-likeness (QED) is 0.722. The van der Waals surface area contributed by atoms with E-state index in [1.807, 2.05) is 23.4 Å². The van der Waals surface area contributed by atoms with Crippen molar-refractivity contribution in [3.63, 3.8) is 0 Å². The molecule has 0 bridgehead atoms. The topological polar surface area (TPSA) is 83.9 Å². The number of pyridine rings is 2. The summed E-state index contributed by atoms with van der Waals surface area (Å²) in [7, 11) is 0. The molecule has 156 valence electrons. The third kappa shape index (κ3) is 3.76. The van der Waals surface area contributed by atoms with Crippen molar-refractivity contribution in [2.75, 3.05) is 13.1 Å². The Labute approximate surface area is 175 Å². The van der Waals surface area contributed by atoms with E-state index in [1.54, 1.807) is 18.5 Å². The van der Waals surface area contributed by atoms with Crippen molar-refractivity contribution in [2.24, 2.45) is 5.92 Å². The van der Waals surface area contributed by atoms with Gasteiger partial charge in [-0.2, -0.15) is 0 Å². The number of imidazole rings is 1. The lowest BCUT2D eigenvalue weighted by molar-refractivity contribution is 0.0690. The van der Waals surface area contributed by atoms with Crippen molar-refractivity contribution in [1.82, 2.24) is 24.4 Å². The summed E-state index contributed by atoms with van der Waals surface area (Å²) in [6, 6.07) is 5.85. The number of nitrogens with zero attached hydrogens (tertiary/aromatic N) is 4. The monoisotopic (exact) mass is 405 g/mol. The summed E-state index contributed by atoms with van der Waals surface area (Å²) in [5, 5.41) is 0. The number of nitrogens with one attached hydrogen (secondary N) is 1. The molecule has 1 saturated carbocycles. The van der Waals surface area contributed by atoms with Crippen molar-refractivity contribution in [3.8, 4) is 0 Å². The van der Waals surface area contributed by atoms with Crippen LogP contribution in [0.1, 0.15) is 60.5 Å². The Kier molecular flexibility index (Phi) is 5.11. The van der Waals surface area contributed by atoms with E-state index in [9.17, 15) is 9.59 Å². The minimum absolute atomic E-state index is 0.0438. The van der Waals surface area contributed by atoms with Crippen molar-refractivity contribution in [1.29, 1.82) is 0 Å². The number of likely N-dealkylation sites (tertiary alicyclic amines) is 1. The van der Waals surface area contributed by atoms with Gasteiger partial charge in [0, 0.05) is 37.6 Å². The second-order valence-corrected chi connectivity index (χ2v) is 8.66. The molecule has 0 aromatic carbocycles. The fourth-order valence-electron chi connectivity index (χ4n) is 4.91. The zero-order valence-corrected chi connectivity index (χ0v) is 17.1. The number of aromatic nitrogens is 4. The summed E-state index contributed by atoms with van der Waals surface area (Å²) in [5.41, 5.74) is 3.39. The van der Waals surface area contributed by atoms with E-state index in [0.717, 1.165) is 49.1 Å². The number of carbonyl (C=O) groups excluding carboxylic acids is 1. The van der Waals surface area contributed by atoms with Crippen LogP contribution in [-0.4, -0.2) is 43.4 Å². The first-order valence-electron chi connectivity index (χ1n) is 11.0. The van der Waals surface area contributed by atoms with E-state index in [0.29, 0.717) is 17.5 Å². The highest BCUT2D eigenvalue weighted by Gasteiger charge is 2.25. The predicted molar refractivity (Wildman–Crippen MR) is 114 cm³/mol. The Morgan fingerprint density at radius 2 is 1.90 bits per heavy atom. The van der Waals surface area contributed by atoms with E-state index >= 15 is 0 Å². The Morgan fingerprint density at radius 3 is 2.63 bits per heavy atom. The van der Waals surface area contributed by atoms with Gasteiger partial charge in [-0.25, -0.2) is 9.97 Å². The lowest BCUT2D eigenvalue weighted by atomic mass is 9.90. The SMILES string of the molecule is O=C(c1cnc2c(c1)ncn2C1CCCC1)N1CCC(Cc2ccc(=O)[nH]c2)CC1. The Morgan fingerprint density at radius 1 is 1.10 bits per heavy atom. The molecule has 1 aliphatic carbocycles. The van der Waals surface area contributed by atoms with Gasteiger partial charge in [-0.05, 0) is 49.7 Å². The van der Waals surface area contributed by atoms with Gasteiger partial charge in [0.05, 0.1) is 11.9 Å². The fourth-order valence-corrected chi connectivity index (χ4v) is 4.91. The highest BCUT2D eigenvalue weighted by atomic mass is 16.2. The zero-order valence-electron chi connectivity index (χ0n) is 17.1. The molecule has 7 heteroatoms. The first-order valence-corrected chi connectivity index (χ1v) is 11.0. The highest BCUT2D eigenvalue weighted by Crippen LogP contribution is 2.31. The maximum atomic E-state index is 13.0. The third-order valence-corrected chi connectivity index (χ3v) is 6.65. The molecule has 0 unspecified atom stereocenters. The molecule has 3 aromatic rings. The molecule has 0 radical (unpaired) electrons. The van der Waals surface area contributed by atoms with Gasteiger partial charge in [0.1, 0.15) is 5.52 Å². The summed E-state index contributed by atoms with van der Waals surface area (Å²) < 4.78 is 2.18. The van der Waals surface area contributed by atoms with E-state index in [2.05, 4.69) is 19.5 Å². The smallest absolute Gasteiger partial charge is 0.255 e. The molecule has 3 aromatic heterocycles. The van der Waals surface area contributed by atoms with E-state index in [1.165, 1.54) is 25.7 Å². The fraction of sp³-hybridized carbons (Fsp3) is 0.478. The molecular weight excluding hydrogens is 378 g/mol. The lowest BCUT2D eigenvalue weighted by Crippen LogP contribution is -2.39. The van der Waals surface area contributed by atoms with Gasteiger partial charge in [0.25, 0.3) is 5.91 Å². The maximum Gasteiger partial charge on any atom is 0.255 e. The van der Waals surface area contributed by atoms with Gasteiger partial charge in [-0.1, -0.05) is 18.9 Å². The number of hydrogen-bond acceptors (Lipinski definition) is 4. The number of amides is 1. The molecule has 2 aliphatic rings. The van der Waals surface area contributed by atoms with Crippen LogP contribution in [0.5, 0.6) is 0 Å². The van der Waals surface area contributed by atoms with Crippen LogP contribution >= 0.6 is 0 Å². The van der Waals surface area contributed by atoms with Gasteiger partial charge in [-0.3, -0.25) is 9.59 Å². The Hall–Kier alpha value is -2.96. The van der Waals surface area contributed by atoms with Crippen molar-refractivity contribution >= 4 is 17.1 Å². The van der Waals surface area contributed by atoms with E-state index < -0.39 is 0 Å². The molecule has 1 saturated heterocycles. The first kappa shape index (κ1) is 19.0. The zero-order chi connectivity index (χ0) is 20.5. The van der Waals surface area contributed by atoms with Gasteiger partial charge in [0.15, 0.2) is 5.65 Å². The summed E-state index contributed by atoms with van der Waals surface area (Å²) >= 11 is 0. The summed E-state index contributed by atoms with van der Waals surface area (Å²) in [6.07, 6.45) is 13.2. The molecule has 1 amide bonds. The van der Waals surface area contributed by atoms with E-state index in [4.69, 9.17) is 0 Å². The van der Waals surface area contributed by atoms with Crippen molar-refractivity contribution in [2.45, 2.75) is 51.0 Å². The van der Waals surface area contributed by atoms with Crippen molar-refractivity contribution < 1.29 is 4.79 Å². The number of rotatable bonds is 4. The largest absolute Gasteiger partial charge is 0.339 e. The van der Waals surface area contributed by atoms with Crippen LogP contribution in [0.25, 0.3) is 11.2 Å². The van der Waals surface area contributed by atoms with Gasteiger partial charge in [-0.15, -0.1) is 0 Å². The highest BCUT2D eigenvalue weighted by molar-refractivity contribution is 5.96. The standard InChI is InChI=1S/C23H27N5O2/c29-21-6-5-17(13-24-21)11-16-7-9-27(10-8-16)23(30)18-12-20-22(25-14-18)28(15-26-20)19-3-1-2-4-19/h5-6,12-16,19H,1-4,7-11H2,(H,24,29). The summed E-state index contributed by atoms with van der Waals surface area (Å²) in [5.74, 6) is 0.574. The van der Waals surface area contributed by atoms with Crippen LogP contribution < -0.4 is 5.56 Å². The van der Waals surface area contributed by atoms with Crippen LogP contribution in [-0.2, 0) is 6.42 Å². The minimum Gasteiger partial charge on any atom is -0.339 e. The average molecular weight is 406 g/mol. The Balaban J connectivity index is 1.23. The molecule has 30 heavy (non-hydrogen) atoms. The molecule has 5 rings (SSSR count). The molecule has 1 aliphatic heterocycles. The number of H-pyrrole nitrogens is 1. The van der Waals surface area contributed by atoms with Crippen LogP contribution in [0.2, 0.25) is 0 Å². The molecular formula is C23H27N5O2. The predicted octanol–water partition coefficient (Wildman–Crippen LogP) is 3.33. The number of piperidine rings is 1. The van der Waals surface area contributed by atoms with Gasteiger partial charge < -0.3 is 14.5 Å². The number of hydrogen-bond donors (Lipinski definition) is 1. The molecule has 4 heterocycles. The van der Waals surface area contributed by atoms with Gasteiger partial charge >= 0.3 is 0 Å². The van der Waals surface area contributed by atoms with Crippen LogP contribution in [0, 0.1) is 5.92 Å². The van der Waals surface area contributed by atoms with Crippen LogP contribution in [0.15, 0.2) is 41.7 Å². The second-order valence-electron chi connectivity index (χ2n) is 8.66.